The lowest BCUT2D eigenvalue weighted by Gasteiger charge is -2.14. The minimum atomic E-state index is -0.113. The summed E-state index contributed by atoms with van der Waals surface area (Å²) in [6, 6.07) is 7.34. The Labute approximate surface area is 139 Å². The summed E-state index contributed by atoms with van der Waals surface area (Å²) >= 11 is 0. The summed E-state index contributed by atoms with van der Waals surface area (Å²) < 4.78 is 16.2. The number of hydrogen-bond donors (Lipinski definition) is 1. The predicted molar refractivity (Wildman–Crippen MR) is 91.4 cm³/mol. The molecule has 1 aromatic carbocycles. The van der Waals surface area contributed by atoms with Crippen molar-refractivity contribution in [1.82, 2.24) is 0 Å². The molecule has 0 aromatic heterocycles. The molecule has 5 heteroatoms. The largest absolute Gasteiger partial charge is 0.489 e. The third-order valence-corrected chi connectivity index (χ3v) is 3.61. The van der Waals surface area contributed by atoms with Crippen LogP contribution < -0.4 is 10.5 Å². The second-order valence-electron chi connectivity index (χ2n) is 5.41. The van der Waals surface area contributed by atoms with Crippen molar-refractivity contribution in [3.05, 3.63) is 24.3 Å². The van der Waals surface area contributed by atoms with Crippen LogP contribution in [0.3, 0.4) is 0 Å². The van der Waals surface area contributed by atoms with Crippen LogP contribution in [0.15, 0.2) is 24.3 Å². The van der Waals surface area contributed by atoms with Gasteiger partial charge in [0.15, 0.2) is 0 Å². The highest BCUT2D eigenvalue weighted by Gasteiger charge is 2.16. The molecule has 1 aromatic rings. The number of benzene rings is 1. The molecule has 0 amide bonds. The number of para-hydroxylation sites is 2. The number of unbranched alkanes of at least 4 members (excludes halogenated alkanes) is 1. The molecule has 0 bridgehead atoms. The van der Waals surface area contributed by atoms with E-state index in [4.69, 9.17) is 19.9 Å². The molecule has 0 saturated heterocycles. The number of carbonyl (C=O) groups excluding carboxylic acids is 1. The van der Waals surface area contributed by atoms with Crippen LogP contribution in [0.5, 0.6) is 5.75 Å². The van der Waals surface area contributed by atoms with Gasteiger partial charge in [-0.2, -0.15) is 0 Å². The minimum Gasteiger partial charge on any atom is -0.489 e. The van der Waals surface area contributed by atoms with Crippen molar-refractivity contribution in [2.45, 2.75) is 39.5 Å². The summed E-state index contributed by atoms with van der Waals surface area (Å²) in [5.41, 5.74) is 6.38. The lowest BCUT2D eigenvalue weighted by Crippen LogP contribution is -2.20. The molecule has 5 nitrogen and oxygen atoms in total. The first kappa shape index (κ1) is 19.3. The van der Waals surface area contributed by atoms with Gasteiger partial charge in [0, 0.05) is 0 Å². The van der Waals surface area contributed by atoms with Gasteiger partial charge in [-0.05, 0) is 25.0 Å². The molecule has 1 unspecified atom stereocenters. The number of carbonyl (C=O) groups is 1. The van der Waals surface area contributed by atoms with Crippen LogP contribution in [-0.2, 0) is 14.3 Å². The zero-order valence-electron chi connectivity index (χ0n) is 14.3. The van der Waals surface area contributed by atoms with Crippen molar-refractivity contribution in [1.29, 1.82) is 0 Å². The van der Waals surface area contributed by atoms with E-state index in [0.717, 1.165) is 25.7 Å². The molecule has 23 heavy (non-hydrogen) atoms. The van der Waals surface area contributed by atoms with E-state index in [1.54, 1.807) is 6.07 Å². The summed E-state index contributed by atoms with van der Waals surface area (Å²) in [4.78, 5) is 11.9. The number of anilines is 1. The fourth-order valence-corrected chi connectivity index (χ4v) is 2.18. The Kier molecular flexibility index (Phi) is 9.87. The van der Waals surface area contributed by atoms with Gasteiger partial charge in [0.1, 0.15) is 19.0 Å². The number of hydrogen-bond acceptors (Lipinski definition) is 5. The van der Waals surface area contributed by atoms with Gasteiger partial charge in [0.25, 0.3) is 0 Å². The molecule has 0 aliphatic heterocycles. The second kappa shape index (κ2) is 11.8. The van der Waals surface area contributed by atoms with Crippen molar-refractivity contribution in [2.24, 2.45) is 5.92 Å². The molecule has 0 aliphatic carbocycles. The van der Waals surface area contributed by atoms with E-state index in [1.807, 2.05) is 25.1 Å². The first-order valence-electron chi connectivity index (χ1n) is 8.40. The summed E-state index contributed by atoms with van der Waals surface area (Å²) in [6.45, 7) is 5.65. The Hall–Kier alpha value is -1.75. The number of nitrogens with two attached hydrogens (primary N) is 1. The van der Waals surface area contributed by atoms with E-state index in [9.17, 15) is 4.79 Å². The predicted octanol–water partition coefficient (Wildman–Crippen LogP) is 3.42. The van der Waals surface area contributed by atoms with Crippen LogP contribution in [0, 0.1) is 5.92 Å². The van der Waals surface area contributed by atoms with Crippen molar-refractivity contribution >= 4 is 11.7 Å². The molecule has 0 radical (unpaired) electrons. The Bertz CT molecular complexity index is 450. The normalized spacial score (nSPS) is 11.9. The molecule has 130 valence electrons. The van der Waals surface area contributed by atoms with E-state index in [0.29, 0.717) is 31.3 Å². The van der Waals surface area contributed by atoms with Crippen molar-refractivity contribution in [2.75, 3.05) is 32.2 Å². The highest BCUT2D eigenvalue weighted by Crippen LogP contribution is 2.19. The molecular weight excluding hydrogens is 294 g/mol. The molecule has 0 aliphatic rings. The Morgan fingerprint density at radius 3 is 2.57 bits per heavy atom. The van der Waals surface area contributed by atoms with E-state index < -0.39 is 0 Å². The van der Waals surface area contributed by atoms with Crippen LogP contribution >= 0.6 is 0 Å². The van der Waals surface area contributed by atoms with Crippen molar-refractivity contribution < 1.29 is 19.0 Å². The maximum absolute atomic E-state index is 11.9. The summed E-state index contributed by atoms with van der Waals surface area (Å²) in [7, 11) is 0. The van der Waals surface area contributed by atoms with Gasteiger partial charge < -0.3 is 19.9 Å². The van der Waals surface area contributed by atoms with E-state index in [2.05, 4.69) is 6.92 Å². The molecule has 0 saturated carbocycles. The Balaban J connectivity index is 2.06. The smallest absolute Gasteiger partial charge is 0.308 e. The molecule has 2 N–H and O–H groups in total. The summed E-state index contributed by atoms with van der Waals surface area (Å²) in [5, 5.41) is 0. The molecular formula is C18H29NO4. The highest BCUT2D eigenvalue weighted by atomic mass is 16.6. The van der Waals surface area contributed by atoms with Gasteiger partial charge in [-0.3, -0.25) is 4.79 Å². The van der Waals surface area contributed by atoms with Crippen LogP contribution in [0.2, 0.25) is 0 Å². The molecule has 0 fully saturated rings. The molecule has 1 rings (SSSR count). The monoisotopic (exact) mass is 323 g/mol. The zero-order valence-corrected chi connectivity index (χ0v) is 14.3. The lowest BCUT2D eigenvalue weighted by molar-refractivity contribution is -0.150. The summed E-state index contributed by atoms with van der Waals surface area (Å²) in [5.74, 6) is 0.557. The van der Waals surface area contributed by atoms with Crippen LogP contribution in [0.4, 0.5) is 5.69 Å². The number of ether oxygens (including phenoxy) is 3. The maximum Gasteiger partial charge on any atom is 0.308 e. The zero-order chi connectivity index (χ0) is 16.9. The average molecular weight is 323 g/mol. The van der Waals surface area contributed by atoms with E-state index >= 15 is 0 Å². The van der Waals surface area contributed by atoms with Crippen LogP contribution in [-0.4, -0.2) is 32.4 Å². The first-order valence-corrected chi connectivity index (χ1v) is 8.40. The standard InChI is InChI=1S/C18H29NO4/c1-3-5-8-15(4-2)18(20)23-14-12-21-11-13-22-17-10-7-6-9-16(17)19/h6-7,9-10,15H,3-5,8,11-14,19H2,1-2H3. The Morgan fingerprint density at radius 2 is 1.87 bits per heavy atom. The number of esters is 1. The van der Waals surface area contributed by atoms with E-state index in [1.165, 1.54) is 0 Å². The number of rotatable bonds is 12. The topological polar surface area (TPSA) is 70.8 Å². The second-order valence-corrected chi connectivity index (χ2v) is 5.41. The van der Waals surface area contributed by atoms with Gasteiger partial charge in [-0.15, -0.1) is 0 Å². The van der Waals surface area contributed by atoms with Crippen LogP contribution in [0.25, 0.3) is 0 Å². The fraction of sp³-hybridized carbons (Fsp3) is 0.611. The third kappa shape index (κ3) is 7.88. The van der Waals surface area contributed by atoms with Gasteiger partial charge in [0.05, 0.1) is 24.8 Å². The van der Waals surface area contributed by atoms with Gasteiger partial charge in [-0.25, -0.2) is 0 Å². The first-order chi connectivity index (χ1) is 11.2. The van der Waals surface area contributed by atoms with Gasteiger partial charge in [-0.1, -0.05) is 38.8 Å². The van der Waals surface area contributed by atoms with Gasteiger partial charge in [0.2, 0.25) is 0 Å². The number of nitrogen functional groups attached to an aromatic ring is 1. The summed E-state index contributed by atoms with van der Waals surface area (Å²) in [6.07, 6.45) is 3.88. The Morgan fingerprint density at radius 1 is 1.13 bits per heavy atom. The third-order valence-electron chi connectivity index (χ3n) is 3.61. The lowest BCUT2D eigenvalue weighted by atomic mass is 10.00. The SMILES string of the molecule is CCCCC(CC)C(=O)OCCOCCOc1ccccc1N. The quantitative estimate of drug-likeness (QED) is 0.362. The average Bonchev–Trinajstić information content (AvgIpc) is 2.56. The highest BCUT2D eigenvalue weighted by molar-refractivity contribution is 5.72. The maximum atomic E-state index is 11.9. The molecule has 1 atom stereocenters. The fourth-order valence-electron chi connectivity index (χ4n) is 2.18. The van der Waals surface area contributed by atoms with Gasteiger partial charge >= 0.3 is 5.97 Å². The van der Waals surface area contributed by atoms with Crippen LogP contribution in [0.1, 0.15) is 39.5 Å². The van der Waals surface area contributed by atoms with E-state index in [-0.39, 0.29) is 18.5 Å². The van der Waals surface area contributed by atoms with Crippen molar-refractivity contribution in [3.63, 3.8) is 0 Å². The molecule has 0 heterocycles. The van der Waals surface area contributed by atoms with Crippen molar-refractivity contribution in [3.8, 4) is 5.75 Å². The minimum absolute atomic E-state index is 0.0133. The molecule has 0 spiro atoms.